The van der Waals surface area contributed by atoms with Crippen LogP contribution >= 0.6 is 0 Å². The SMILES string of the molecule is O=C(Nc1ccccc1)N1CCCC(C(=O)N(CCc2ccccc2)Cc2ccccc2)C1. The van der Waals surface area contributed by atoms with E-state index in [1.54, 1.807) is 4.90 Å². The van der Waals surface area contributed by atoms with E-state index in [0.29, 0.717) is 26.2 Å². The van der Waals surface area contributed by atoms with Gasteiger partial charge in [0.1, 0.15) is 0 Å². The minimum Gasteiger partial charge on any atom is -0.338 e. The average Bonchev–Trinajstić information content (AvgIpc) is 2.88. The van der Waals surface area contributed by atoms with Crippen LogP contribution in [0.1, 0.15) is 24.0 Å². The van der Waals surface area contributed by atoms with Gasteiger partial charge in [0.25, 0.3) is 0 Å². The zero-order valence-electron chi connectivity index (χ0n) is 18.9. The fourth-order valence-corrected chi connectivity index (χ4v) is 4.33. The predicted octanol–water partition coefficient (Wildman–Crippen LogP) is 5.20. The van der Waals surface area contributed by atoms with Gasteiger partial charge in [-0.2, -0.15) is 0 Å². The summed E-state index contributed by atoms with van der Waals surface area (Å²) in [5.74, 6) is -0.0493. The Kier molecular flexibility index (Phi) is 7.75. The molecule has 1 fully saturated rings. The van der Waals surface area contributed by atoms with E-state index < -0.39 is 0 Å². The fraction of sp³-hybridized carbons (Fsp3) is 0.286. The average molecular weight is 442 g/mol. The maximum atomic E-state index is 13.6. The van der Waals surface area contributed by atoms with Crippen LogP contribution in [0.15, 0.2) is 91.0 Å². The van der Waals surface area contributed by atoms with E-state index in [2.05, 4.69) is 29.6 Å². The molecular formula is C28H31N3O2. The van der Waals surface area contributed by atoms with Gasteiger partial charge in [-0.05, 0) is 42.5 Å². The molecule has 33 heavy (non-hydrogen) atoms. The Morgan fingerprint density at radius 2 is 1.45 bits per heavy atom. The monoisotopic (exact) mass is 441 g/mol. The Bertz CT molecular complexity index is 1020. The molecule has 0 aromatic heterocycles. The van der Waals surface area contributed by atoms with Crippen LogP contribution in [0.2, 0.25) is 0 Å². The Morgan fingerprint density at radius 3 is 2.12 bits per heavy atom. The molecule has 1 saturated heterocycles. The third-order valence-corrected chi connectivity index (χ3v) is 6.12. The molecule has 1 atom stereocenters. The van der Waals surface area contributed by atoms with Crippen LogP contribution in [0.5, 0.6) is 0 Å². The second-order valence-corrected chi connectivity index (χ2v) is 8.56. The van der Waals surface area contributed by atoms with Crippen LogP contribution in [0.25, 0.3) is 0 Å². The van der Waals surface area contributed by atoms with Gasteiger partial charge in [-0.1, -0.05) is 78.9 Å². The Labute approximate surface area is 196 Å². The van der Waals surface area contributed by atoms with Crippen LogP contribution < -0.4 is 5.32 Å². The van der Waals surface area contributed by atoms with E-state index in [0.717, 1.165) is 30.5 Å². The molecule has 5 heteroatoms. The van der Waals surface area contributed by atoms with Gasteiger partial charge in [-0.25, -0.2) is 4.79 Å². The number of urea groups is 1. The van der Waals surface area contributed by atoms with E-state index in [1.807, 2.05) is 71.6 Å². The third-order valence-electron chi connectivity index (χ3n) is 6.12. The lowest BCUT2D eigenvalue weighted by atomic mass is 9.96. The smallest absolute Gasteiger partial charge is 0.321 e. The van der Waals surface area contributed by atoms with Gasteiger partial charge >= 0.3 is 6.03 Å². The summed E-state index contributed by atoms with van der Waals surface area (Å²) < 4.78 is 0. The number of para-hydroxylation sites is 1. The lowest BCUT2D eigenvalue weighted by molar-refractivity contribution is -0.137. The van der Waals surface area contributed by atoms with Gasteiger partial charge in [-0.15, -0.1) is 0 Å². The third kappa shape index (κ3) is 6.45. The first-order valence-corrected chi connectivity index (χ1v) is 11.7. The molecule has 3 aromatic carbocycles. The van der Waals surface area contributed by atoms with E-state index >= 15 is 0 Å². The van der Waals surface area contributed by atoms with Gasteiger partial charge in [0.2, 0.25) is 5.91 Å². The number of hydrogen-bond donors (Lipinski definition) is 1. The minimum atomic E-state index is -0.181. The summed E-state index contributed by atoms with van der Waals surface area (Å²) in [5, 5.41) is 2.95. The van der Waals surface area contributed by atoms with Crippen molar-refractivity contribution in [3.05, 3.63) is 102 Å². The number of hydrogen-bond acceptors (Lipinski definition) is 2. The van der Waals surface area contributed by atoms with Crippen molar-refractivity contribution in [3.8, 4) is 0 Å². The van der Waals surface area contributed by atoms with Gasteiger partial charge in [-0.3, -0.25) is 4.79 Å². The maximum absolute atomic E-state index is 13.6. The standard InChI is InChI=1S/C28H31N3O2/c32-27(25-15-10-19-31(22-25)28(33)29-26-16-8-3-9-17-26)30(21-24-13-6-2-7-14-24)20-18-23-11-4-1-5-12-23/h1-9,11-14,16-17,25H,10,15,18-22H2,(H,29,33). The number of carbonyl (C=O) groups excluding carboxylic acids is 2. The van der Waals surface area contributed by atoms with Crippen molar-refractivity contribution in [1.82, 2.24) is 9.80 Å². The lowest BCUT2D eigenvalue weighted by Crippen LogP contribution is -2.48. The Hall–Kier alpha value is -3.60. The lowest BCUT2D eigenvalue weighted by Gasteiger charge is -2.35. The summed E-state index contributed by atoms with van der Waals surface area (Å²) in [4.78, 5) is 30.2. The molecule has 0 saturated carbocycles. The predicted molar refractivity (Wildman–Crippen MR) is 132 cm³/mol. The van der Waals surface area contributed by atoms with Gasteiger partial charge in [0.05, 0.1) is 5.92 Å². The molecule has 1 aliphatic rings. The van der Waals surface area contributed by atoms with Crippen molar-refractivity contribution in [3.63, 3.8) is 0 Å². The van der Waals surface area contributed by atoms with Crippen molar-refractivity contribution < 1.29 is 9.59 Å². The highest BCUT2D eigenvalue weighted by atomic mass is 16.2. The van der Waals surface area contributed by atoms with Crippen molar-refractivity contribution in [2.24, 2.45) is 5.92 Å². The van der Waals surface area contributed by atoms with Crippen LogP contribution in [-0.4, -0.2) is 41.4 Å². The summed E-state index contributed by atoms with van der Waals surface area (Å²) in [6, 6.07) is 29.7. The highest BCUT2D eigenvalue weighted by molar-refractivity contribution is 5.90. The summed E-state index contributed by atoms with van der Waals surface area (Å²) in [5.41, 5.74) is 3.11. The molecule has 0 bridgehead atoms. The Balaban J connectivity index is 1.42. The van der Waals surface area contributed by atoms with E-state index in [1.165, 1.54) is 5.56 Å². The topological polar surface area (TPSA) is 52.7 Å². The second kappa shape index (κ2) is 11.3. The van der Waals surface area contributed by atoms with Crippen LogP contribution in [0.4, 0.5) is 10.5 Å². The molecule has 5 nitrogen and oxygen atoms in total. The van der Waals surface area contributed by atoms with Crippen molar-refractivity contribution in [2.75, 3.05) is 25.0 Å². The largest absolute Gasteiger partial charge is 0.338 e. The Morgan fingerprint density at radius 1 is 0.848 bits per heavy atom. The number of amides is 3. The van der Waals surface area contributed by atoms with Crippen LogP contribution in [-0.2, 0) is 17.8 Å². The van der Waals surface area contributed by atoms with E-state index in [9.17, 15) is 9.59 Å². The van der Waals surface area contributed by atoms with Crippen molar-refractivity contribution in [1.29, 1.82) is 0 Å². The fourth-order valence-electron chi connectivity index (χ4n) is 4.33. The zero-order chi connectivity index (χ0) is 22.9. The quantitative estimate of drug-likeness (QED) is 0.548. The molecule has 170 valence electrons. The summed E-state index contributed by atoms with van der Waals surface area (Å²) in [6.45, 7) is 2.36. The molecular weight excluding hydrogens is 410 g/mol. The first-order valence-electron chi connectivity index (χ1n) is 11.7. The van der Waals surface area contributed by atoms with Crippen molar-refractivity contribution >= 4 is 17.6 Å². The summed E-state index contributed by atoms with van der Waals surface area (Å²) in [7, 11) is 0. The number of nitrogens with zero attached hydrogens (tertiary/aromatic N) is 2. The summed E-state index contributed by atoms with van der Waals surface area (Å²) in [6.07, 6.45) is 2.45. The molecule has 1 N–H and O–H groups in total. The molecule has 3 amide bonds. The van der Waals surface area contributed by atoms with E-state index in [-0.39, 0.29) is 17.9 Å². The van der Waals surface area contributed by atoms with Crippen LogP contribution in [0.3, 0.4) is 0 Å². The second-order valence-electron chi connectivity index (χ2n) is 8.56. The van der Waals surface area contributed by atoms with Gasteiger partial charge < -0.3 is 15.1 Å². The van der Waals surface area contributed by atoms with Crippen LogP contribution in [0, 0.1) is 5.92 Å². The van der Waals surface area contributed by atoms with Gasteiger partial charge in [0.15, 0.2) is 0 Å². The van der Waals surface area contributed by atoms with E-state index in [4.69, 9.17) is 0 Å². The number of carbonyl (C=O) groups is 2. The first kappa shape index (κ1) is 22.6. The molecule has 1 unspecified atom stereocenters. The number of rotatable bonds is 7. The molecule has 3 aromatic rings. The number of nitrogens with one attached hydrogen (secondary N) is 1. The number of anilines is 1. The molecule has 0 spiro atoms. The molecule has 0 radical (unpaired) electrons. The normalized spacial score (nSPS) is 15.6. The zero-order valence-corrected chi connectivity index (χ0v) is 18.9. The minimum absolute atomic E-state index is 0.131. The maximum Gasteiger partial charge on any atom is 0.321 e. The summed E-state index contributed by atoms with van der Waals surface area (Å²) >= 11 is 0. The number of benzene rings is 3. The highest BCUT2D eigenvalue weighted by Gasteiger charge is 2.31. The molecule has 4 rings (SSSR count). The number of piperidine rings is 1. The van der Waals surface area contributed by atoms with Crippen molar-refractivity contribution in [2.45, 2.75) is 25.8 Å². The molecule has 0 aliphatic carbocycles. The number of likely N-dealkylation sites (tertiary alicyclic amines) is 1. The first-order chi connectivity index (χ1) is 16.2. The highest BCUT2D eigenvalue weighted by Crippen LogP contribution is 2.21. The van der Waals surface area contributed by atoms with Gasteiger partial charge in [0, 0.05) is 31.9 Å². The molecule has 1 aliphatic heterocycles. The molecule has 1 heterocycles.